The normalized spacial score (nSPS) is 10.3. The first-order chi connectivity index (χ1) is 10.5. The number of nitrogens with zero attached hydrogens (tertiary/aromatic N) is 1. The van der Waals surface area contributed by atoms with Crippen LogP contribution in [0.2, 0.25) is 0 Å². The minimum atomic E-state index is -0.328. The molecule has 0 aromatic heterocycles. The van der Waals surface area contributed by atoms with Crippen LogP contribution in [0.1, 0.15) is 0 Å². The van der Waals surface area contributed by atoms with Crippen molar-refractivity contribution in [1.82, 2.24) is 10.2 Å². The summed E-state index contributed by atoms with van der Waals surface area (Å²) in [6.07, 6.45) is 0. The maximum atomic E-state index is 11.6. The quantitative estimate of drug-likeness (QED) is 0.884. The van der Waals surface area contributed by atoms with Gasteiger partial charge in [0.15, 0.2) is 6.61 Å². The van der Waals surface area contributed by atoms with Crippen molar-refractivity contribution in [2.75, 3.05) is 27.2 Å². The summed E-state index contributed by atoms with van der Waals surface area (Å²) in [4.78, 5) is 24.4. The molecule has 0 radical (unpaired) electrons. The number of hydrogen-bond acceptors (Lipinski definition) is 3. The van der Waals surface area contributed by atoms with Crippen LogP contribution in [0.5, 0.6) is 5.75 Å². The molecule has 0 saturated heterocycles. The standard InChI is InChI=1S/C16H17BrN2O3/c1-19(2)16(21)9-18-15(20)10-22-14-6-4-11-7-13(17)5-3-12(11)8-14/h3-8H,9-10H2,1-2H3,(H,18,20). The molecule has 0 spiro atoms. The van der Waals surface area contributed by atoms with Crippen molar-refractivity contribution in [1.29, 1.82) is 0 Å². The fraction of sp³-hybridized carbons (Fsp3) is 0.250. The van der Waals surface area contributed by atoms with Crippen molar-refractivity contribution in [2.45, 2.75) is 0 Å². The van der Waals surface area contributed by atoms with Gasteiger partial charge >= 0.3 is 0 Å². The van der Waals surface area contributed by atoms with Gasteiger partial charge in [-0.3, -0.25) is 9.59 Å². The van der Waals surface area contributed by atoms with Crippen LogP contribution in [0.25, 0.3) is 10.8 Å². The molecule has 0 heterocycles. The number of benzene rings is 2. The van der Waals surface area contributed by atoms with Crippen LogP contribution in [0.4, 0.5) is 0 Å². The van der Waals surface area contributed by atoms with Crippen LogP contribution in [0.3, 0.4) is 0 Å². The zero-order valence-corrected chi connectivity index (χ0v) is 14.0. The number of hydrogen-bond donors (Lipinski definition) is 1. The molecule has 6 heteroatoms. The van der Waals surface area contributed by atoms with Gasteiger partial charge in [0, 0.05) is 18.6 Å². The third-order valence-electron chi connectivity index (χ3n) is 3.08. The minimum Gasteiger partial charge on any atom is -0.484 e. The number of fused-ring (bicyclic) bond motifs is 1. The van der Waals surface area contributed by atoms with Crippen LogP contribution in [-0.2, 0) is 9.59 Å². The molecule has 0 saturated carbocycles. The lowest BCUT2D eigenvalue weighted by Gasteiger charge is -2.11. The van der Waals surface area contributed by atoms with E-state index in [2.05, 4.69) is 21.2 Å². The molecule has 5 nitrogen and oxygen atoms in total. The Bertz CT molecular complexity index is 701. The fourth-order valence-corrected chi connectivity index (χ4v) is 2.20. The third-order valence-corrected chi connectivity index (χ3v) is 3.57. The summed E-state index contributed by atoms with van der Waals surface area (Å²) in [5.41, 5.74) is 0. The molecule has 0 bridgehead atoms. The van der Waals surface area contributed by atoms with Crippen molar-refractivity contribution in [3.63, 3.8) is 0 Å². The minimum absolute atomic E-state index is 0.0268. The van der Waals surface area contributed by atoms with Gasteiger partial charge in [-0.2, -0.15) is 0 Å². The third kappa shape index (κ3) is 4.46. The van der Waals surface area contributed by atoms with Crippen molar-refractivity contribution >= 4 is 38.5 Å². The number of carbonyl (C=O) groups excluding carboxylic acids is 2. The van der Waals surface area contributed by atoms with E-state index in [9.17, 15) is 9.59 Å². The SMILES string of the molecule is CN(C)C(=O)CNC(=O)COc1ccc2cc(Br)ccc2c1. The Kier molecular flexibility index (Phi) is 5.38. The van der Waals surface area contributed by atoms with Crippen molar-refractivity contribution in [3.05, 3.63) is 40.9 Å². The van der Waals surface area contributed by atoms with Crippen LogP contribution in [0, 0.1) is 0 Å². The Hall–Kier alpha value is -2.08. The van der Waals surface area contributed by atoms with Gasteiger partial charge in [-0.1, -0.05) is 28.1 Å². The molecule has 22 heavy (non-hydrogen) atoms. The highest BCUT2D eigenvalue weighted by atomic mass is 79.9. The summed E-state index contributed by atoms with van der Waals surface area (Å²) in [5.74, 6) is 0.125. The summed E-state index contributed by atoms with van der Waals surface area (Å²) >= 11 is 3.42. The lowest BCUT2D eigenvalue weighted by Crippen LogP contribution is -2.38. The lowest BCUT2D eigenvalue weighted by molar-refractivity contribution is -0.131. The highest BCUT2D eigenvalue weighted by Gasteiger charge is 2.08. The molecule has 2 aromatic rings. The van der Waals surface area contributed by atoms with E-state index in [0.717, 1.165) is 15.2 Å². The number of halogens is 1. The number of amides is 2. The van der Waals surface area contributed by atoms with E-state index in [1.165, 1.54) is 4.90 Å². The first kappa shape index (κ1) is 16.3. The van der Waals surface area contributed by atoms with E-state index in [4.69, 9.17) is 4.74 Å². The summed E-state index contributed by atoms with van der Waals surface area (Å²) in [6, 6.07) is 11.6. The Morgan fingerprint density at radius 3 is 2.55 bits per heavy atom. The second-order valence-corrected chi connectivity index (χ2v) is 5.92. The van der Waals surface area contributed by atoms with E-state index >= 15 is 0 Å². The molecule has 0 unspecified atom stereocenters. The zero-order valence-electron chi connectivity index (χ0n) is 12.4. The number of carbonyl (C=O) groups is 2. The first-order valence-electron chi connectivity index (χ1n) is 6.74. The molecule has 2 amide bonds. The van der Waals surface area contributed by atoms with E-state index in [-0.39, 0.29) is 25.0 Å². The Morgan fingerprint density at radius 2 is 1.82 bits per heavy atom. The van der Waals surface area contributed by atoms with E-state index in [1.54, 1.807) is 14.1 Å². The Labute approximate surface area is 137 Å². The van der Waals surface area contributed by atoms with E-state index in [0.29, 0.717) is 5.75 Å². The maximum absolute atomic E-state index is 11.6. The largest absolute Gasteiger partial charge is 0.484 e. The molecular weight excluding hydrogens is 348 g/mol. The molecule has 2 rings (SSSR count). The predicted molar refractivity (Wildman–Crippen MR) is 88.8 cm³/mol. The highest BCUT2D eigenvalue weighted by molar-refractivity contribution is 9.10. The molecule has 0 aliphatic heterocycles. The monoisotopic (exact) mass is 364 g/mol. The second kappa shape index (κ2) is 7.26. The Balaban J connectivity index is 1.90. The molecule has 1 N–H and O–H groups in total. The van der Waals surface area contributed by atoms with Gasteiger partial charge in [-0.15, -0.1) is 0 Å². The number of nitrogens with one attached hydrogen (secondary N) is 1. The fourth-order valence-electron chi connectivity index (χ4n) is 1.82. The topological polar surface area (TPSA) is 58.6 Å². The molecule has 0 aliphatic carbocycles. The van der Waals surface area contributed by atoms with Gasteiger partial charge in [0.2, 0.25) is 5.91 Å². The number of likely N-dealkylation sites (N-methyl/N-ethyl adjacent to an activating group) is 1. The van der Waals surface area contributed by atoms with Crippen LogP contribution >= 0.6 is 15.9 Å². The van der Waals surface area contributed by atoms with Gasteiger partial charge < -0.3 is 15.0 Å². The molecule has 0 atom stereocenters. The maximum Gasteiger partial charge on any atom is 0.258 e. The van der Waals surface area contributed by atoms with Crippen molar-refractivity contribution in [2.24, 2.45) is 0 Å². The van der Waals surface area contributed by atoms with Gasteiger partial charge in [0.05, 0.1) is 6.54 Å². The summed E-state index contributed by atoms with van der Waals surface area (Å²) in [5, 5.41) is 4.63. The first-order valence-corrected chi connectivity index (χ1v) is 7.54. The average molecular weight is 365 g/mol. The molecule has 2 aromatic carbocycles. The second-order valence-electron chi connectivity index (χ2n) is 5.01. The van der Waals surface area contributed by atoms with Crippen molar-refractivity contribution < 1.29 is 14.3 Å². The summed E-state index contributed by atoms with van der Waals surface area (Å²) in [7, 11) is 3.27. The van der Waals surface area contributed by atoms with Crippen molar-refractivity contribution in [3.8, 4) is 5.75 Å². The number of rotatable bonds is 5. The predicted octanol–water partition coefficient (Wildman–Crippen LogP) is 2.19. The summed E-state index contributed by atoms with van der Waals surface area (Å²) in [6.45, 7) is -0.149. The Morgan fingerprint density at radius 1 is 1.14 bits per heavy atom. The van der Waals surface area contributed by atoms with Crippen LogP contribution in [0.15, 0.2) is 40.9 Å². The molecule has 0 fully saturated rings. The van der Waals surface area contributed by atoms with E-state index in [1.807, 2.05) is 36.4 Å². The van der Waals surface area contributed by atoms with Gasteiger partial charge in [0.25, 0.3) is 5.91 Å². The zero-order chi connectivity index (χ0) is 16.1. The highest BCUT2D eigenvalue weighted by Crippen LogP contribution is 2.24. The van der Waals surface area contributed by atoms with Crippen LogP contribution in [-0.4, -0.2) is 44.0 Å². The molecule has 116 valence electrons. The molecule has 0 aliphatic rings. The molecular formula is C16H17BrN2O3. The van der Waals surface area contributed by atoms with Gasteiger partial charge in [-0.05, 0) is 35.0 Å². The number of ether oxygens (including phenoxy) is 1. The lowest BCUT2D eigenvalue weighted by atomic mass is 10.1. The average Bonchev–Trinajstić information content (AvgIpc) is 2.50. The van der Waals surface area contributed by atoms with Crippen LogP contribution < -0.4 is 10.1 Å². The van der Waals surface area contributed by atoms with Gasteiger partial charge in [-0.25, -0.2) is 0 Å². The summed E-state index contributed by atoms with van der Waals surface area (Å²) < 4.78 is 6.46. The van der Waals surface area contributed by atoms with E-state index < -0.39 is 0 Å². The van der Waals surface area contributed by atoms with Gasteiger partial charge in [0.1, 0.15) is 5.75 Å². The smallest absolute Gasteiger partial charge is 0.258 e.